The van der Waals surface area contributed by atoms with Crippen molar-refractivity contribution in [2.24, 2.45) is 34.0 Å². The lowest BCUT2D eigenvalue weighted by Gasteiger charge is -2.54. The molecule has 0 saturated heterocycles. The summed E-state index contributed by atoms with van der Waals surface area (Å²) in [5, 5.41) is 28.2. The predicted molar refractivity (Wildman–Crippen MR) is 347 cm³/mol. The Labute approximate surface area is 524 Å². The number of carbonyl (C=O) groups excluding carboxylic acids is 4. The van der Waals surface area contributed by atoms with E-state index in [2.05, 4.69) is 138 Å². The molecule has 484 valence electrons. The Bertz CT molecular complexity index is 2830. The third-order valence-electron chi connectivity index (χ3n) is 22.8. The maximum Gasteiger partial charge on any atom is 0.312 e. The molecule has 87 heavy (non-hydrogen) atoms. The molecule has 12 unspecified atom stereocenters. The van der Waals surface area contributed by atoms with E-state index in [1.54, 1.807) is 6.92 Å². The zero-order valence-corrected chi connectivity index (χ0v) is 56.5. The first-order chi connectivity index (χ1) is 41.1. The smallest absolute Gasteiger partial charge is 0.312 e. The Kier molecular flexibility index (Phi) is 23.4. The molecule has 11 heteroatoms. The van der Waals surface area contributed by atoms with Gasteiger partial charge in [0.05, 0.1) is 28.5 Å². The number of ether oxygens (including phenoxy) is 4. The van der Waals surface area contributed by atoms with Gasteiger partial charge in [-0.2, -0.15) is 0 Å². The molecule has 3 aromatic rings. The fraction of sp³-hybridized carbons (Fsp3) is 0.711. The highest BCUT2D eigenvalue weighted by Crippen LogP contribution is 2.61. The number of aryl methyl sites for hydroxylation is 3. The molecule has 0 aromatic heterocycles. The molecular weight excluding hydrogens is 1090 g/mol. The number of unbranched alkanes of at least 4 members (excludes halogenated alkanes) is 1. The van der Waals surface area contributed by atoms with Crippen LogP contribution in [0.2, 0.25) is 0 Å². The number of fused-ring (bicyclic) bond motifs is 9. The first-order valence-electron chi connectivity index (χ1n) is 34.1. The minimum Gasteiger partial charge on any atom is -0.463 e. The number of rotatable bonds is 19. The number of aliphatic hydroxyl groups is 3. The first-order valence-corrected chi connectivity index (χ1v) is 34.1. The summed E-state index contributed by atoms with van der Waals surface area (Å²) in [6.07, 6.45) is 16.3. The van der Waals surface area contributed by atoms with Gasteiger partial charge in [-0.15, -0.1) is 0 Å². The van der Waals surface area contributed by atoms with Gasteiger partial charge in [0.25, 0.3) is 0 Å². The Morgan fingerprint density at radius 2 is 0.851 bits per heavy atom. The summed E-state index contributed by atoms with van der Waals surface area (Å²) in [6.45, 7) is 32.6. The summed E-state index contributed by atoms with van der Waals surface area (Å²) >= 11 is 0. The van der Waals surface area contributed by atoms with Crippen molar-refractivity contribution in [3.05, 3.63) is 105 Å². The van der Waals surface area contributed by atoms with Crippen LogP contribution in [0, 0.1) is 34.0 Å². The molecular formula is C76H114O11. The van der Waals surface area contributed by atoms with Crippen molar-refractivity contribution in [2.75, 3.05) is 26.4 Å². The molecule has 3 saturated carbocycles. The largest absolute Gasteiger partial charge is 0.463 e. The molecule has 0 amide bonds. The van der Waals surface area contributed by atoms with E-state index >= 15 is 0 Å². The van der Waals surface area contributed by atoms with Crippen molar-refractivity contribution in [3.8, 4) is 0 Å². The van der Waals surface area contributed by atoms with Crippen LogP contribution in [0.25, 0.3) is 0 Å². The van der Waals surface area contributed by atoms with Gasteiger partial charge >= 0.3 is 23.9 Å². The lowest BCUT2D eigenvalue weighted by Crippen LogP contribution is -2.53. The summed E-state index contributed by atoms with van der Waals surface area (Å²) in [4.78, 5) is 51.6. The second-order valence-corrected chi connectivity index (χ2v) is 30.0. The molecule has 3 aromatic carbocycles. The fourth-order valence-electron chi connectivity index (χ4n) is 17.4. The van der Waals surface area contributed by atoms with Crippen molar-refractivity contribution >= 4 is 23.9 Å². The zero-order chi connectivity index (χ0) is 63.9. The van der Waals surface area contributed by atoms with Crippen LogP contribution in [0.5, 0.6) is 0 Å². The fourth-order valence-corrected chi connectivity index (χ4v) is 17.4. The van der Waals surface area contributed by atoms with Crippen molar-refractivity contribution in [1.82, 2.24) is 0 Å². The van der Waals surface area contributed by atoms with Crippen LogP contribution in [-0.4, -0.2) is 83.9 Å². The summed E-state index contributed by atoms with van der Waals surface area (Å²) in [7, 11) is 0. The van der Waals surface area contributed by atoms with Crippen LogP contribution < -0.4 is 0 Å². The third-order valence-corrected chi connectivity index (χ3v) is 22.8. The van der Waals surface area contributed by atoms with Crippen molar-refractivity contribution in [3.63, 3.8) is 0 Å². The van der Waals surface area contributed by atoms with Crippen LogP contribution in [0.15, 0.2) is 54.6 Å². The Morgan fingerprint density at radius 1 is 0.494 bits per heavy atom. The second-order valence-electron chi connectivity index (χ2n) is 30.0. The van der Waals surface area contributed by atoms with E-state index in [0.29, 0.717) is 55.3 Å². The highest BCUT2D eigenvalue weighted by atomic mass is 16.6. The molecule has 0 radical (unpaired) electrons. The molecule has 3 N–H and O–H groups in total. The summed E-state index contributed by atoms with van der Waals surface area (Å²) < 4.78 is 22.4. The first kappa shape index (κ1) is 69.9. The quantitative estimate of drug-likeness (QED) is 0.0594. The highest BCUT2D eigenvalue weighted by molar-refractivity contribution is 5.79. The normalized spacial score (nSPS) is 29.7. The van der Waals surface area contributed by atoms with E-state index in [-0.39, 0.29) is 78.9 Å². The van der Waals surface area contributed by atoms with E-state index in [1.165, 1.54) is 50.1 Å². The van der Waals surface area contributed by atoms with Gasteiger partial charge in [0, 0.05) is 13.0 Å². The predicted octanol–water partition coefficient (Wildman–Crippen LogP) is 15.7. The lowest BCUT2D eigenvalue weighted by molar-refractivity contribution is -0.172. The maximum absolute atomic E-state index is 13.5. The monoisotopic (exact) mass is 1200 g/mol. The number of benzene rings is 3. The van der Waals surface area contributed by atoms with Crippen molar-refractivity contribution in [2.45, 2.75) is 285 Å². The van der Waals surface area contributed by atoms with Crippen LogP contribution >= 0.6 is 0 Å². The van der Waals surface area contributed by atoms with E-state index in [4.69, 9.17) is 24.1 Å². The SMILES string of the molecule is CC(O)COC(=O)C1(C)CCCC2(C)c3ccc(C(C)C)cc3CCC12.CCC(COC(=O)C1(C)CCCC2(C)c3ccc(C(C)C)cc3CCC12)OC(=O)CCCCO.CCC(O)COC(=O)C1(C)CCCC2(C)c3ccc(C(C)C)cc3CCC12. The van der Waals surface area contributed by atoms with Crippen LogP contribution in [0.4, 0.5) is 0 Å². The Balaban J connectivity index is 0.000000189. The van der Waals surface area contributed by atoms with E-state index in [1.807, 2.05) is 13.8 Å². The molecule has 0 aliphatic heterocycles. The molecule has 9 rings (SSSR count). The summed E-state index contributed by atoms with van der Waals surface area (Å²) in [5.41, 5.74) is 11.4. The molecule has 3 fully saturated rings. The molecule has 11 nitrogen and oxygen atoms in total. The second kappa shape index (κ2) is 29.1. The lowest BCUT2D eigenvalue weighted by atomic mass is 9.49. The van der Waals surface area contributed by atoms with Crippen LogP contribution in [0.3, 0.4) is 0 Å². The van der Waals surface area contributed by atoms with Crippen molar-refractivity contribution < 1.29 is 53.4 Å². The topological polar surface area (TPSA) is 166 Å². The molecule has 0 heterocycles. The van der Waals surface area contributed by atoms with E-state index in [9.17, 15) is 29.4 Å². The zero-order valence-electron chi connectivity index (χ0n) is 56.5. The number of esters is 4. The average Bonchev–Trinajstić information content (AvgIpc) is 0.761. The summed E-state index contributed by atoms with van der Waals surface area (Å²) in [5.74, 6) is 1.72. The Morgan fingerprint density at radius 3 is 1.17 bits per heavy atom. The Hall–Kier alpha value is -4.58. The molecule has 12 atom stereocenters. The number of carbonyl (C=O) groups is 4. The molecule has 0 bridgehead atoms. The number of aliphatic hydroxyl groups excluding tert-OH is 3. The van der Waals surface area contributed by atoms with Crippen LogP contribution in [-0.2, 0) is 73.6 Å². The minimum absolute atomic E-state index is 0.0263. The third kappa shape index (κ3) is 14.9. The maximum atomic E-state index is 13.5. The standard InChI is InChI=1S/C29H44O5.C24H36O3.C23H34O3/c1-6-23(34-26(31)10-7-8-17-30)19-33-27(32)29(5)16-9-15-28(4)24-13-11-21(20(2)3)18-22(24)12-14-25(28)29;1-6-19(25)15-27-22(26)24(5)13-7-12-23(4)20-10-8-17(16(2)3)14-18(20)9-11-21(23)24;1-15(2)17-7-9-19-18(13-17)8-10-20-22(19,4)11-6-12-23(20,5)21(25)26-14-16(3)24/h11,13,18,20,23,25,30H,6-10,12,14-17,19H2,1-5H3;8,10,14,16,19,21,25H,6-7,9,11-13,15H2,1-5H3;7,9,13,15-16,20,24H,6,8,10-12,14H2,1-5H3. The summed E-state index contributed by atoms with van der Waals surface area (Å²) in [6, 6.07) is 20.9. The van der Waals surface area contributed by atoms with Gasteiger partial charge in [0.2, 0.25) is 0 Å². The molecule has 6 aliphatic rings. The minimum atomic E-state index is -0.612. The highest BCUT2D eigenvalue weighted by Gasteiger charge is 2.59. The average molecular weight is 1200 g/mol. The molecule has 0 spiro atoms. The van der Waals surface area contributed by atoms with Gasteiger partial charge in [0.15, 0.2) is 0 Å². The van der Waals surface area contributed by atoms with Crippen molar-refractivity contribution in [1.29, 1.82) is 0 Å². The van der Waals surface area contributed by atoms with E-state index in [0.717, 1.165) is 96.3 Å². The van der Waals surface area contributed by atoms with Gasteiger partial charge in [-0.05, 0) is 232 Å². The van der Waals surface area contributed by atoms with Gasteiger partial charge in [-0.1, -0.05) is 150 Å². The van der Waals surface area contributed by atoms with Gasteiger partial charge < -0.3 is 34.3 Å². The van der Waals surface area contributed by atoms with Gasteiger partial charge in [-0.3, -0.25) is 19.2 Å². The number of hydrogen-bond donors (Lipinski definition) is 3. The number of hydrogen-bond acceptors (Lipinski definition) is 11. The van der Waals surface area contributed by atoms with E-state index < -0.39 is 34.6 Å². The van der Waals surface area contributed by atoms with Crippen LogP contribution in [0.1, 0.15) is 281 Å². The van der Waals surface area contributed by atoms with Gasteiger partial charge in [0.1, 0.15) is 25.9 Å². The van der Waals surface area contributed by atoms with Gasteiger partial charge in [-0.25, -0.2) is 0 Å². The molecule has 6 aliphatic carbocycles.